The Morgan fingerprint density at radius 1 is 1.13 bits per heavy atom. The summed E-state index contributed by atoms with van der Waals surface area (Å²) in [7, 11) is 1.02. The van der Waals surface area contributed by atoms with Crippen LogP contribution in [0.2, 0.25) is 0 Å². The number of rotatable bonds is 9. The van der Waals surface area contributed by atoms with Crippen LogP contribution in [-0.4, -0.2) is 58.2 Å². The number of aromatic nitrogens is 2. The van der Waals surface area contributed by atoms with E-state index >= 15 is 0 Å². The van der Waals surface area contributed by atoms with Gasteiger partial charge in [0, 0.05) is 19.8 Å². The first-order valence-corrected chi connectivity index (χ1v) is 12.7. The van der Waals surface area contributed by atoms with E-state index in [1.54, 1.807) is 6.07 Å². The predicted molar refractivity (Wildman–Crippen MR) is 133 cm³/mol. The molecule has 2 N–H and O–H groups in total. The van der Waals surface area contributed by atoms with Crippen LogP contribution in [0.1, 0.15) is 61.5 Å². The summed E-state index contributed by atoms with van der Waals surface area (Å²) in [5.41, 5.74) is 0.330. The number of hydrogen-bond donors (Lipinski definition) is 2. The minimum absolute atomic E-state index is 0.136. The minimum Gasteiger partial charge on any atom is -0.339 e. The third-order valence-corrected chi connectivity index (χ3v) is 6.68. The van der Waals surface area contributed by atoms with Crippen LogP contribution in [-0.2, 0) is 22.6 Å². The van der Waals surface area contributed by atoms with E-state index in [-0.39, 0.29) is 17.2 Å². The number of likely N-dealkylation sites (N-methyl/N-ethyl adjacent to an activating group) is 1. The number of anilines is 1. The molecule has 12 heteroatoms. The molecular formula is C26H33F4N5O3. The van der Waals surface area contributed by atoms with Crippen LogP contribution in [0.15, 0.2) is 30.5 Å². The maximum Gasteiger partial charge on any atom is 0.406 e. The molecule has 1 aliphatic rings. The first-order chi connectivity index (χ1) is 18.0. The van der Waals surface area contributed by atoms with Crippen molar-refractivity contribution in [1.29, 1.82) is 0 Å². The quantitative estimate of drug-likeness (QED) is 0.367. The molecule has 0 saturated heterocycles. The molecule has 1 fully saturated rings. The van der Waals surface area contributed by atoms with Gasteiger partial charge in [0.15, 0.2) is 0 Å². The third kappa shape index (κ3) is 8.03. The van der Waals surface area contributed by atoms with E-state index in [0.717, 1.165) is 51.6 Å². The zero-order valence-corrected chi connectivity index (χ0v) is 21.5. The summed E-state index contributed by atoms with van der Waals surface area (Å²) in [5, 5.41) is 9.46. The fraction of sp³-hybridized carbons (Fsp3) is 0.538. The molecule has 8 nitrogen and oxygen atoms in total. The monoisotopic (exact) mass is 539 g/mol. The second-order valence-corrected chi connectivity index (χ2v) is 9.58. The zero-order chi connectivity index (χ0) is 27.9. The number of halogens is 4. The molecule has 208 valence electrons. The van der Waals surface area contributed by atoms with Crippen molar-refractivity contribution in [1.82, 2.24) is 20.0 Å². The van der Waals surface area contributed by atoms with Crippen molar-refractivity contribution >= 4 is 23.4 Å². The summed E-state index contributed by atoms with van der Waals surface area (Å²) < 4.78 is 54.0. The lowest BCUT2D eigenvalue weighted by Crippen LogP contribution is -2.49. The Balaban J connectivity index is 1.73. The smallest absolute Gasteiger partial charge is 0.339 e. The number of benzene rings is 1. The van der Waals surface area contributed by atoms with Crippen molar-refractivity contribution in [3.05, 3.63) is 47.5 Å². The molecular weight excluding hydrogens is 506 g/mol. The first kappa shape index (κ1) is 29.1. The van der Waals surface area contributed by atoms with Crippen LogP contribution in [0, 0.1) is 11.7 Å². The van der Waals surface area contributed by atoms with Gasteiger partial charge in [-0.25, -0.2) is 4.39 Å². The second kappa shape index (κ2) is 12.9. The molecule has 1 heterocycles. The Bertz CT molecular complexity index is 1130. The van der Waals surface area contributed by atoms with Crippen molar-refractivity contribution in [2.24, 2.45) is 5.92 Å². The number of aryl methyl sites for hydroxylation is 1. The van der Waals surface area contributed by atoms with Crippen molar-refractivity contribution in [2.75, 3.05) is 18.9 Å². The molecule has 1 aromatic carbocycles. The molecule has 0 radical (unpaired) electrons. The summed E-state index contributed by atoms with van der Waals surface area (Å²) in [6, 6.07) is 4.30. The van der Waals surface area contributed by atoms with Gasteiger partial charge in [0.2, 0.25) is 11.8 Å². The molecule has 3 rings (SSSR count). The molecule has 0 bridgehead atoms. The number of carbonyl (C=O) groups is 3. The summed E-state index contributed by atoms with van der Waals surface area (Å²) in [6.45, 7) is 0.908. The lowest BCUT2D eigenvalue weighted by atomic mass is 9.91. The van der Waals surface area contributed by atoms with Crippen LogP contribution < -0.4 is 10.6 Å². The topological polar surface area (TPSA) is 96.3 Å². The Morgan fingerprint density at radius 3 is 2.42 bits per heavy atom. The zero-order valence-electron chi connectivity index (χ0n) is 21.5. The van der Waals surface area contributed by atoms with Gasteiger partial charge in [-0.1, -0.05) is 31.7 Å². The molecule has 1 atom stereocenters. The molecule has 38 heavy (non-hydrogen) atoms. The highest BCUT2D eigenvalue weighted by atomic mass is 19.4. The Kier molecular flexibility index (Phi) is 9.87. The van der Waals surface area contributed by atoms with E-state index in [9.17, 15) is 31.9 Å². The van der Waals surface area contributed by atoms with Gasteiger partial charge in [0.25, 0.3) is 5.91 Å². The largest absolute Gasteiger partial charge is 0.406 e. The maximum absolute atomic E-state index is 14.9. The highest BCUT2D eigenvalue weighted by Gasteiger charge is 2.33. The van der Waals surface area contributed by atoms with Crippen LogP contribution in [0.25, 0.3) is 0 Å². The number of carbonyl (C=O) groups excluding carboxylic acids is 3. The number of alkyl halides is 3. The van der Waals surface area contributed by atoms with Gasteiger partial charge in [0.05, 0.1) is 12.1 Å². The first-order valence-electron chi connectivity index (χ1n) is 12.7. The van der Waals surface area contributed by atoms with Crippen LogP contribution in [0.3, 0.4) is 0 Å². The van der Waals surface area contributed by atoms with Crippen LogP contribution >= 0.6 is 0 Å². The normalized spacial score (nSPS) is 15.4. The van der Waals surface area contributed by atoms with Crippen molar-refractivity contribution in [3.8, 4) is 0 Å². The summed E-state index contributed by atoms with van der Waals surface area (Å²) in [4.78, 5) is 39.0. The highest BCUT2D eigenvalue weighted by molar-refractivity contribution is 6.00. The molecule has 0 aliphatic heterocycles. The molecule has 0 spiro atoms. The molecule has 2 aromatic rings. The fourth-order valence-corrected chi connectivity index (χ4v) is 4.68. The summed E-state index contributed by atoms with van der Waals surface area (Å²) >= 11 is 0. The van der Waals surface area contributed by atoms with Gasteiger partial charge in [-0.2, -0.15) is 18.3 Å². The van der Waals surface area contributed by atoms with E-state index in [1.807, 2.05) is 6.92 Å². The maximum atomic E-state index is 14.9. The molecule has 0 unspecified atom stereocenters. The molecule has 1 aliphatic carbocycles. The number of nitrogens with zero attached hydrogens (tertiary/aromatic N) is 3. The lowest BCUT2D eigenvalue weighted by Gasteiger charge is -2.26. The summed E-state index contributed by atoms with van der Waals surface area (Å²) in [5.74, 6) is -2.81. The van der Waals surface area contributed by atoms with Crippen LogP contribution in [0.4, 0.5) is 23.2 Å². The molecule has 1 saturated carbocycles. The standard InChI is InChI=1S/C26H33F4N5O3/c1-3-35-21(12-13-31-35)24(37)33-23(18-8-6-4-5-7-9-18)25(38)32-20-11-10-17(14-19(20)27)15-22(36)34(2)16-26(28,29)30/h10-14,18,23H,3-9,15-16H2,1-2H3,(H,32,38)(H,33,37)/t23-/m0/s1. The van der Waals surface area contributed by atoms with E-state index in [4.69, 9.17) is 0 Å². The van der Waals surface area contributed by atoms with Crippen molar-refractivity contribution in [3.63, 3.8) is 0 Å². The van der Waals surface area contributed by atoms with Gasteiger partial charge in [-0.3, -0.25) is 19.1 Å². The predicted octanol–water partition coefficient (Wildman–Crippen LogP) is 4.31. The SMILES string of the molecule is CCn1nccc1C(=O)N[C@H](C(=O)Nc1ccc(CC(=O)N(C)CC(F)(F)F)cc1F)C1CCCCCC1. The van der Waals surface area contributed by atoms with Crippen LogP contribution in [0.5, 0.6) is 0 Å². The number of nitrogens with one attached hydrogen (secondary N) is 2. The Hall–Kier alpha value is -3.44. The van der Waals surface area contributed by atoms with Gasteiger partial charge in [0.1, 0.15) is 24.1 Å². The van der Waals surface area contributed by atoms with Gasteiger partial charge < -0.3 is 15.5 Å². The van der Waals surface area contributed by atoms with E-state index in [1.165, 1.54) is 23.0 Å². The number of hydrogen-bond acceptors (Lipinski definition) is 4. The number of amides is 3. The van der Waals surface area contributed by atoms with Gasteiger partial charge in [-0.15, -0.1) is 0 Å². The minimum atomic E-state index is -4.54. The van der Waals surface area contributed by atoms with Gasteiger partial charge in [-0.05, 0) is 49.4 Å². The van der Waals surface area contributed by atoms with E-state index in [2.05, 4.69) is 15.7 Å². The second-order valence-electron chi connectivity index (χ2n) is 9.58. The lowest BCUT2D eigenvalue weighted by molar-refractivity contribution is -0.157. The highest BCUT2D eigenvalue weighted by Crippen LogP contribution is 2.27. The third-order valence-electron chi connectivity index (χ3n) is 6.68. The van der Waals surface area contributed by atoms with Crippen molar-refractivity contribution < 1.29 is 31.9 Å². The van der Waals surface area contributed by atoms with Crippen molar-refractivity contribution in [2.45, 2.75) is 70.6 Å². The summed E-state index contributed by atoms with van der Waals surface area (Å²) in [6.07, 6.45) is 1.91. The fourth-order valence-electron chi connectivity index (χ4n) is 4.68. The Morgan fingerprint density at radius 2 is 1.82 bits per heavy atom. The molecule has 1 aromatic heterocycles. The average molecular weight is 540 g/mol. The van der Waals surface area contributed by atoms with E-state index in [0.29, 0.717) is 17.1 Å². The molecule has 3 amide bonds. The Labute approximate surface area is 218 Å². The van der Waals surface area contributed by atoms with E-state index < -0.39 is 48.7 Å². The average Bonchev–Trinajstić information content (AvgIpc) is 3.17. The van der Waals surface area contributed by atoms with Gasteiger partial charge >= 0.3 is 6.18 Å².